The van der Waals surface area contributed by atoms with E-state index in [0.29, 0.717) is 11.7 Å². The van der Waals surface area contributed by atoms with Crippen molar-refractivity contribution in [1.82, 2.24) is 4.98 Å². The number of alkyl halides is 2. The third-order valence-electron chi connectivity index (χ3n) is 2.37. The first-order valence-corrected chi connectivity index (χ1v) is 5.90. The molecule has 0 bridgehead atoms. The average Bonchev–Trinajstić information content (AvgIpc) is 2.39. The molecule has 1 aromatic heterocycles. The predicted molar refractivity (Wildman–Crippen MR) is 69.6 cm³/mol. The first-order valence-electron chi connectivity index (χ1n) is 5.52. The quantitative estimate of drug-likeness (QED) is 0.844. The molecule has 3 nitrogen and oxygen atoms in total. The van der Waals surface area contributed by atoms with Gasteiger partial charge in [-0.2, -0.15) is 8.78 Å². The summed E-state index contributed by atoms with van der Waals surface area (Å²) in [5, 5.41) is 3.57. The van der Waals surface area contributed by atoms with Crippen molar-refractivity contribution >= 4 is 17.3 Å². The molecule has 0 atom stereocenters. The standard InChI is InChI=1S/C13H11ClF2N2O/c14-12-6-3-10(8-18-12)17-7-9-1-4-11(5-2-9)19-13(15)16/h1-6,8,13,17H,7H2. The summed E-state index contributed by atoms with van der Waals surface area (Å²) < 4.78 is 28.2. The van der Waals surface area contributed by atoms with E-state index in [2.05, 4.69) is 15.0 Å². The number of pyridine rings is 1. The Kier molecular flexibility index (Phi) is 4.52. The van der Waals surface area contributed by atoms with Crippen molar-refractivity contribution in [2.45, 2.75) is 13.2 Å². The van der Waals surface area contributed by atoms with Gasteiger partial charge < -0.3 is 10.1 Å². The highest BCUT2D eigenvalue weighted by molar-refractivity contribution is 6.29. The summed E-state index contributed by atoms with van der Waals surface area (Å²) in [6, 6.07) is 9.93. The fourth-order valence-corrected chi connectivity index (χ4v) is 1.59. The van der Waals surface area contributed by atoms with Crippen LogP contribution in [0.15, 0.2) is 42.6 Å². The smallest absolute Gasteiger partial charge is 0.387 e. The van der Waals surface area contributed by atoms with E-state index in [1.807, 2.05) is 6.07 Å². The van der Waals surface area contributed by atoms with Gasteiger partial charge >= 0.3 is 6.61 Å². The molecule has 2 aromatic rings. The molecule has 100 valence electrons. The highest BCUT2D eigenvalue weighted by atomic mass is 35.5. The zero-order valence-corrected chi connectivity index (χ0v) is 10.6. The van der Waals surface area contributed by atoms with Gasteiger partial charge in [0, 0.05) is 6.54 Å². The Labute approximate surface area is 114 Å². The second-order valence-corrected chi connectivity index (χ2v) is 4.13. The van der Waals surface area contributed by atoms with Gasteiger partial charge in [-0.1, -0.05) is 23.7 Å². The molecule has 1 heterocycles. The van der Waals surface area contributed by atoms with Crippen LogP contribution in [0, 0.1) is 0 Å². The SMILES string of the molecule is FC(F)Oc1ccc(CNc2ccc(Cl)nc2)cc1. The van der Waals surface area contributed by atoms with Crippen LogP contribution < -0.4 is 10.1 Å². The average molecular weight is 285 g/mol. The maximum atomic E-state index is 12.0. The van der Waals surface area contributed by atoms with Crippen molar-refractivity contribution in [3.05, 3.63) is 53.3 Å². The van der Waals surface area contributed by atoms with E-state index in [9.17, 15) is 8.78 Å². The second-order valence-electron chi connectivity index (χ2n) is 3.75. The molecule has 0 aliphatic carbocycles. The minimum atomic E-state index is -2.80. The van der Waals surface area contributed by atoms with Gasteiger partial charge in [0.25, 0.3) is 0 Å². The number of aromatic nitrogens is 1. The largest absolute Gasteiger partial charge is 0.435 e. The molecule has 0 saturated heterocycles. The van der Waals surface area contributed by atoms with Crippen molar-refractivity contribution in [1.29, 1.82) is 0 Å². The molecule has 0 radical (unpaired) electrons. The van der Waals surface area contributed by atoms with Crippen molar-refractivity contribution in [2.75, 3.05) is 5.32 Å². The third-order valence-corrected chi connectivity index (χ3v) is 2.60. The number of ether oxygens (including phenoxy) is 1. The summed E-state index contributed by atoms with van der Waals surface area (Å²) in [6.07, 6.45) is 1.62. The fraction of sp³-hybridized carbons (Fsp3) is 0.154. The molecule has 19 heavy (non-hydrogen) atoms. The van der Waals surface area contributed by atoms with Crippen LogP contribution >= 0.6 is 11.6 Å². The maximum Gasteiger partial charge on any atom is 0.387 e. The summed E-state index contributed by atoms with van der Waals surface area (Å²) in [5.74, 6) is 0.145. The second kappa shape index (κ2) is 6.33. The Balaban J connectivity index is 1.91. The van der Waals surface area contributed by atoms with Crippen LogP contribution in [0.2, 0.25) is 5.15 Å². The molecule has 6 heteroatoms. The Morgan fingerprint density at radius 3 is 2.47 bits per heavy atom. The molecule has 1 aromatic carbocycles. The first kappa shape index (κ1) is 13.5. The Bertz CT molecular complexity index is 517. The van der Waals surface area contributed by atoms with Crippen molar-refractivity contribution < 1.29 is 13.5 Å². The van der Waals surface area contributed by atoms with E-state index in [1.54, 1.807) is 24.4 Å². The minimum absolute atomic E-state index is 0.145. The number of benzene rings is 1. The Morgan fingerprint density at radius 2 is 1.89 bits per heavy atom. The number of hydrogen-bond acceptors (Lipinski definition) is 3. The predicted octanol–water partition coefficient (Wildman–Crippen LogP) is 3.95. The zero-order valence-electron chi connectivity index (χ0n) is 9.82. The van der Waals surface area contributed by atoms with Crippen LogP contribution in [0.3, 0.4) is 0 Å². The number of nitrogens with one attached hydrogen (secondary N) is 1. The summed E-state index contributed by atoms with van der Waals surface area (Å²) >= 11 is 5.67. The van der Waals surface area contributed by atoms with Gasteiger partial charge in [-0.05, 0) is 29.8 Å². The highest BCUT2D eigenvalue weighted by Gasteiger charge is 2.03. The molecule has 0 saturated carbocycles. The topological polar surface area (TPSA) is 34.1 Å². The number of hydrogen-bond donors (Lipinski definition) is 1. The monoisotopic (exact) mass is 284 g/mol. The van der Waals surface area contributed by atoms with E-state index in [1.165, 1.54) is 12.1 Å². The molecular formula is C13H11ClF2N2O. The van der Waals surface area contributed by atoms with Crippen LogP contribution in [-0.4, -0.2) is 11.6 Å². The van der Waals surface area contributed by atoms with E-state index >= 15 is 0 Å². The van der Waals surface area contributed by atoms with Crippen LogP contribution in [0.4, 0.5) is 14.5 Å². The molecule has 0 spiro atoms. The normalized spacial score (nSPS) is 10.5. The molecule has 0 aliphatic rings. The highest BCUT2D eigenvalue weighted by Crippen LogP contribution is 2.16. The van der Waals surface area contributed by atoms with Gasteiger partial charge in [0.2, 0.25) is 0 Å². The van der Waals surface area contributed by atoms with Gasteiger partial charge in [0.1, 0.15) is 10.9 Å². The minimum Gasteiger partial charge on any atom is -0.435 e. The lowest BCUT2D eigenvalue weighted by Crippen LogP contribution is -2.03. The van der Waals surface area contributed by atoms with Gasteiger partial charge in [-0.3, -0.25) is 0 Å². The van der Waals surface area contributed by atoms with E-state index in [0.717, 1.165) is 11.3 Å². The van der Waals surface area contributed by atoms with Gasteiger partial charge in [-0.25, -0.2) is 4.98 Å². The Morgan fingerprint density at radius 1 is 1.16 bits per heavy atom. The number of anilines is 1. The summed E-state index contributed by atoms with van der Waals surface area (Å²) in [5.41, 5.74) is 1.77. The molecular weight excluding hydrogens is 274 g/mol. The molecule has 2 rings (SSSR count). The lowest BCUT2D eigenvalue weighted by molar-refractivity contribution is -0.0498. The van der Waals surface area contributed by atoms with E-state index < -0.39 is 6.61 Å². The lowest BCUT2D eigenvalue weighted by atomic mass is 10.2. The molecule has 1 N–H and O–H groups in total. The zero-order chi connectivity index (χ0) is 13.7. The summed E-state index contributed by atoms with van der Waals surface area (Å²) in [4.78, 5) is 3.94. The molecule has 0 unspecified atom stereocenters. The van der Waals surface area contributed by atoms with Crippen molar-refractivity contribution in [3.63, 3.8) is 0 Å². The van der Waals surface area contributed by atoms with Crippen LogP contribution in [0.25, 0.3) is 0 Å². The van der Waals surface area contributed by atoms with Gasteiger partial charge in [0.15, 0.2) is 0 Å². The maximum absolute atomic E-state index is 12.0. The molecule has 0 fully saturated rings. The van der Waals surface area contributed by atoms with Gasteiger partial charge in [0.05, 0.1) is 11.9 Å². The van der Waals surface area contributed by atoms with Crippen molar-refractivity contribution in [3.8, 4) is 5.75 Å². The van der Waals surface area contributed by atoms with Crippen LogP contribution in [-0.2, 0) is 6.54 Å². The third kappa shape index (κ3) is 4.37. The van der Waals surface area contributed by atoms with E-state index in [4.69, 9.17) is 11.6 Å². The van der Waals surface area contributed by atoms with Gasteiger partial charge in [-0.15, -0.1) is 0 Å². The number of rotatable bonds is 5. The number of nitrogens with zero attached hydrogens (tertiary/aromatic N) is 1. The first-order chi connectivity index (χ1) is 9.13. The number of halogens is 3. The molecule has 0 aliphatic heterocycles. The van der Waals surface area contributed by atoms with Crippen LogP contribution in [0.1, 0.15) is 5.56 Å². The summed E-state index contributed by atoms with van der Waals surface area (Å²) in [7, 11) is 0. The molecule has 0 amide bonds. The van der Waals surface area contributed by atoms with Crippen molar-refractivity contribution in [2.24, 2.45) is 0 Å². The lowest BCUT2D eigenvalue weighted by Gasteiger charge is -2.08. The summed E-state index contributed by atoms with van der Waals surface area (Å²) in [6.45, 7) is -2.25. The van der Waals surface area contributed by atoms with E-state index in [-0.39, 0.29) is 5.75 Å². The Hall–Kier alpha value is -1.88. The fourth-order valence-electron chi connectivity index (χ4n) is 1.47. The van der Waals surface area contributed by atoms with Crippen LogP contribution in [0.5, 0.6) is 5.75 Å².